The number of hydrogen-bond donors (Lipinski definition) is 1. The Morgan fingerprint density at radius 2 is 2.03 bits per heavy atom. The van der Waals surface area contributed by atoms with Crippen molar-refractivity contribution in [2.45, 2.75) is 64.5 Å². The molecule has 0 spiro atoms. The maximum Gasteiger partial charge on any atom is 0.416 e. The summed E-state index contributed by atoms with van der Waals surface area (Å²) in [4.78, 5) is 29.6. The molecule has 0 aromatic heterocycles. The molecule has 1 unspecified atom stereocenters. The fourth-order valence-corrected chi connectivity index (χ4v) is 4.71. The molecule has 1 fully saturated rings. The predicted octanol–water partition coefficient (Wildman–Crippen LogP) is 4.41. The van der Waals surface area contributed by atoms with Gasteiger partial charge in [0, 0.05) is 12.6 Å². The van der Waals surface area contributed by atoms with Gasteiger partial charge in [0.05, 0.1) is 17.3 Å². The van der Waals surface area contributed by atoms with Crippen molar-refractivity contribution < 1.29 is 23.9 Å². The number of ether oxygens (including phenoxy) is 1. The summed E-state index contributed by atoms with van der Waals surface area (Å²) in [5.41, 5.74) is 1.25. The number of nitrogens with zero attached hydrogens (tertiary/aromatic N) is 2. The van der Waals surface area contributed by atoms with E-state index in [4.69, 9.17) is 9.16 Å². The molecule has 2 amide bonds. The first-order valence-electron chi connectivity index (χ1n) is 10.3. The Morgan fingerprint density at radius 1 is 1.37 bits per heavy atom. The quantitative estimate of drug-likeness (QED) is 0.563. The van der Waals surface area contributed by atoms with E-state index in [1.165, 1.54) is 17.0 Å². The smallest absolute Gasteiger partial charge is 0.416 e. The van der Waals surface area contributed by atoms with Gasteiger partial charge in [-0.25, -0.2) is 9.69 Å². The molecule has 2 aliphatic heterocycles. The number of aryl methyl sites for hydroxylation is 1. The first-order valence-corrected chi connectivity index (χ1v) is 13.2. The average Bonchev–Trinajstić information content (AvgIpc) is 2.65. The molecular weight excluding hydrogens is 400 g/mol. The van der Waals surface area contributed by atoms with Gasteiger partial charge in [0.15, 0.2) is 14.5 Å². The van der Waals surface area contributed by atoms with Crippen molar-refractivity contribution in [2.75, 3.05) is 18.1 Å². The second-order valence-electron chi connectivity index (χ2n) is 9.51. The van der Waals surface area contributed by atoms with Gasteiger partial charge in [-0.2, -0.15) is 0 Å². The zero-order valence-corrected chi connectivity index (χ0v) is 19.7. The summed E-state index contributed by atoms with van der Waals surface area (Å²) >= 11 is 0. The molecule has 8 heteroatoms. The molecule has 2 atom stereocenters. The Kier molecular flexibility index (Phi) is 5.77. The molecule has 0 bridgehead atoms. The van der Waals surface area contributed by atoms with Crippen LogP contribution in [0.25, 0.3) is 0 Å². The maximum absolute atomic E-state index is 13.3. The van der Waals surface area contributed by atoms with Crippen molar-refractivity contribution >= 4 is 26.0 Å². The van der Waals surface area contributed by atoms with Crippen LogP contribution < -0.4 is 4.90 Å². The van der Waals surface area contributed by atoms with E-state index in [-0.39, 0.29) is 29.3 Å². The monoisotopic (exact) mass is 432 g/mol. The number of carbonyl (C=O) groups excluding carboxylic acids is 2. The lowest BCUT2D eigenvalue weighted by atomic mass is 10.0. The third kappa shape index (κ3) is 3.74. The molecule has 164 valence electrons. The van der Waals surface area contributed by atoms with E-state index in [0.29, 0.717) is 23.4 Å². The number of phenolic OH excluding ortho intramolecular Hbond substituents is 1. The van der Waals surface area contributed by atoms with Gasteiger partial charge in [-0.05, 0) is 43.1 Å². The van der Waals surface area contributed by atoms with Gasteiger partial charge >= 0.3 is 6.09 Å². The summed E-state index contributed by atoms with van der Waals surface area (Å²) in [5.74, 6) is -0.148. The van der Waals surface area contributed by atoms with Gasteiger partial charge < -0.3 is 19.2 Å². The summed E-state index contributed by atoms with van der Waals surface area (Å²) in [6, 6.07) is 2.83. The van der Waals surface area contributed by atoms with Gasteiger partial charge in [-0.3, -0.25) is 4.79 Å². The fraction of sp³-hybridized carbons (Fsp3) is 0.545. The Morgan fingerprint density at radius 3 is 2.57 bits per heavy atom. The molecular formula is C22H32N2O5Si. The zero-order chi connectivity index (χ0) is 22.4. The minimum atomic E-state index is -2.31. The van der Waals surface area contributed by atoms with Crippen molar-refractivity contribution in [1.29, 1.82) is 0 Å². The Bertz CT molecular complexity index is 877. The van der Waals surface area contributed by atoms with Crippen molar-refractivity contribution in [1.82, 2.24) is 4.90 Å². The molecule has 1 N–H and O–H groups in total. The molecule has 3 rings (SSSR count). The Hall–Kier alpha value is -2.32. The number of benzene rings is 1. The van der Waals surface area contributed by atoms with E-state index in [2.05, 4.69) is 40.4 Å². The van der Waals surface area contributed by atoms with E-state index in [1.807, 2.05) is 0 Å². The first-order chi connectivity index (χ1) is 13.9. The standard InChI is InChI=1S/C22H32N2O5Si/c1-8-11-28-21(27)24-17-13-18(25)14(2)12-15(17)19(26)23-10-9-16(23)20(24)29-30(6,7)22(3,4)5/h8,12-13,16,20,25H,1,9-11H2,2-7H3/t16-,20?/m0/s1. The second kappa shape index (κ2) is 7.74. The Labute approximate surface area is 179 Å². The van der Waals surface area contributed by atoms with Crippen LogP contribution >= 0.6 is 0 Å². The van der Waals surface area contributed by atoms with Gasteiger partial charge in [0.1, 0.15) is 12.4 Å². The molecule has 0 radical (unpaired) electrons. The molecule has 1 aromatic carbocycles. The highest BCUT2D eigenvalue weighted by atomic mass is 28.4. The lowest BCUT2D eigenvalue weighted by Crippen LogP contribution is -2.64. The number of carbonyl (C=O) groups is 2. The second-order valence-corrected chi connectivity index (χ2v) is 14.3. The SMILES string of the molecule is C=CCOC(=O)N1c2cc(O)c(C)cc2C(=O)N2CC[C@H]2C1O[Si](C)(C)C(C)(C)C. The number of amides is 2. The normalized spacial score (nSPS) is 21.3. The predicted molar refractivity (Wildman–Crippen MR) is 118 cm³/mol. The maximum atomic E-state index is 13.3. The van der Waals surface area contributed by atoms with Gasteiger partial charge in [0.25, 0.3) is 5.91 Å². The van der Waals surface area contributed by atoms with E-state index in [9.17, 15) is 14.7 Å². The number of fused-ring (bicyclic) bond motifs is 2. The molecule has 30 heavy (non-hydrogen) atoms. The highest BCUT2D eigenvalue weighted by Gasteiger charge is 2.52. The molecule has 0 saturated carbocycles. The molecule has 2 heterocycles. The summed E-state index contributed by atoms with van der Waals surface area (Å²) in [7, 11) is -2.31. The highest BCUT2D eigenvalue weighted by molar-refractivity contribution is 6.74. The Balaban J connectivity index is 2.17. The molecule has 2 aliphatic rings. The minimum Gasteiger partial charge on any atom is -0.508 e. The van der Waals surface area contributed by atoms with Crippen LogP contribution in [0.2, 0.25) is 18.1 Å². The van der Waals surface area contributed by atoms with E-state index in [0.717, 1.165) is 6.42 Å². The summed E-state index contributed by atoms with van der Waals surface area (Å²) in [6.45, 7) is 16.6. The summed E-state index contributed by atoms with van der Waals surface area (Å²) < 4.78 is 12.1. The van der Waals surface area contributed by atoms with Crippen molar-refractivity contribution in [3.8, 4) is 5.75 Å². The lowest BCUT2D eigenvalue weighted by Gasteiger charge is -2.49. The van der Waals surface area contributed by atoms with E-state index >= 15 is 0 Å². The van der Waals surface area contributed by atoms with Crippen LogP contribution in [0.15, 0.2) is 24.8 Å². The lowest BCUT2D eigenvalue weighted by molar-refractivity contribution is 0.00133. The van der Waals surface area contributed by atoms with Crippen LogP contribution in [-0.4, -0.2) is 55.7 Å². The van der Waals surface area contributed by atoms with E-state index < -0.39 is 20.6 Å². The van der Waals surface area contributed by atoms with Crippen LogP contribution in [0.5, 0.6) is 5.75 Å². The number of phenols is 1. The number of aromatic hydroxyl groups is 1. The van der Waals surface area contributed by atoms with Crippen molar-refractivity contribution in [3.63, 3.8) is 0 Å². The van der Waals surface area contributed by atoms with Gasteiger partial charge in [-0.1, -0.05) is 33.4 Å². The molecule has 0 aliphatic carbocycles. The van der Waals surface area contributed by atoms with Crippen LogP contribution in [0, 0.1) is 6.92 Å². The van der Waals surface area contributed by atoms with Crippen LogP contribution in [0.3, 0.4) is 0 Å². The molecule has 1 aromatic rings. The zero-order valence-electron chi connectivity index (χ0n) is 18.7. The number of hydrogen-bond acceptors (Lipinski definition) is 5. The van der Waals surface area contributed by atoms with Crippen molar-refractivity contribution in [3.05, 3.63) is 35.9 Å². The summed E-state index contributed by atoms with van der Waals surface area (Å²) in [5, 5.41) is 10.3. The molecule has 7 nitrogen and oxygen atoms in total. The molecule has 1 saturated heterocycles. The average molecular weight is 433 g/mol. The van der Waals surface area contributed by atoms with Gasteiger partial charge in [0.2, 0.25) is 0 Å². The minimum absolute atomic E-state index is 0.0124. The highest BCUT2D eigenvalue weighted by Crippen LogP contribution is 2.44. The first kappa shape index (κ1) is 22.4. The van der Waals surface area contributed by atoms with Crippen molar-refractivity contribution in [2.24, 2.45) is 0 Å². The topological polar surface area (TPSA) is 79.3 Å². The van der Waals surface area contributed by atoms with Crippen LogP contribution in [-0.2, 0) is 9.16 Å². The number of anilines is 1. The third-order valence-electron chi connectivity index (χ3n) is 6.46. The van der Waals surface area contributed by atoms with Crippen LogP contribution in [0.4, 0.5) is 10.5 Å². The fourth-order valence-electron chi connectivity index (χ4n) is 3.49. The van der Waals surface area contributed by atoms with Gasteiger partial charge in [-0.15, -0.1) is 0 Å². The van der Waals surface area contributed by atoms with Crippen LogP contribution in [0.1, 0.15) is 43.1 Å². The van der Waals surface area contributed by atoms with E-state index in [1.54, 1.807) is 17.9 Å². The number of rotatable bonds is 4. The largest absolute Gasteiger partial charge is 0.508 e. The summed E-state index contributed by atoms with van der Waals surface area (Å²) in [6.07, 6.45) is 0.914. The third-order valence-corrected chi connectivity index (χ3v) is 10.9.